The van der Waals surface area contributed by atoms with Gasteiger partial charge in [-0.1, -0.05) is 0 Å². The second-order valence-electron chi connectivity index (χ2n) is 7.21. The molecule has 3 aliphatic rings. The summed E-state index contributed by atoms with van der Waals surface area (Å²) in [6.45, 7) is 3.89. The van der Waals surface area contributed by atoms with Crippen molar-refractivity contribution in [2.75, 3.05) is 36.9 Å². The second-order valence-corrected chi connectivity index (χ2v) is 7.21. The molecule has 3 heterocycles. The van der Waals surface area contributed by atoms with E-state index in [1.165, 1.54) is 35.9 Å². The molecule has 2 aliphatic heterocycles. The molecule has 1 saturated carbocycles. The minimum atomic E-state index is 0.363. The van der Waals surface area contributed by atoms with E-state index in [1.807, 2.05) is 12.3 Å². The van der Waals surface area contributed by atoms with Gasteiger partial charge < -0.3 is 15.4 Å². The van der Waals surface area contributed by atoms with E-state index in [9.17, 15) is 0 Å². The lowest BCUT2D eigenvalue weighted by Gasteiger charge is -2.22. The number of aromatic nitrogens is 2. The highest BCUT2D eigenvalue weighted by Crippen LogP contribution is 2.54. The predicted octanol–water partition coefficient (Wildman–Crippen LogP) is 2.57. The van der Waals surface area contributed by atoms with Gasteiger partial charge in [0.1, 0.15) is 0 Å². The number of nitrogens with two attached hydrogens (primary N) is 1. The van der Waals surface area contributed by atoms with E-state index in [-0.39, 0.29) is 0 Å². The van der Waals surface area contributed by atoms with Crippen LogP contribution < -0.4 is 10.6 Å². The molecule has 22 heavy (non-hydrogen) atoms. The van der Waals surface area contributed by atoms with Gasteiger partial charge in [-0.2, -0.15) is 5.10 Å². The fraction of sp³-hybridized carbons (Fsp3) is 0.588. The number of fused-ring (bicyclic) bond motifs is 1. The molecule has 1 atom stereocenters. The van der Waals surface area contributed by atoms with Crippen molar-refractivity contribution in [2.24, 2.45) is 5.41 Å². The molecule has 1 aliphatic carbocycles. The Morgan fingerprint density at radius 2 is 2.18 bits per heavy atom. The highest BCUT2D eigenvalue weighted by molar-refractivity contribution is 5.98. The normalized spacial score (nSPS) is 26.4. The maximum atomic E-state index is 6.33. The van der Waals surface area contributed by atoms with Gasteiger partial charge in [0.05, 0.1) is 35.7 Å². The molecule has 1 aromatic heterocycles. The minimum Gasteiger partial charge on any atom is -0.397 e. The third-order valence-corrected chi connectivity index (χ3v) is 5.75. The van der Waals surface area contributed by atoms with Crippen LogP contribution in [0.2, 0.25) is 0 Å². The number of hydrogen-bond donors (Lipinski definition) is 1. The Labute approximate surface area is 130 Å². The molecule has 2 N–H and O–H groups in total. The van der Waals surface area contributed by atoms with Crippen LogP contribution in [0.3, 0.4) is 0 Å². The van der Waals surface area contributed by atoms with Crippen LogP contribution >= 0.6 is 0 Å². The van der Waals surface area contributed by atoms with Gasteiger partial charge in [-0.05, 0) is 43.2 Å². The van der Waals surface area contributed by atoms with Crippen molar-refractivity contribution in [2.45, 2.75) is 31.7 Å². The highest BCUT2D eigenvalue weighted by atomic mass is 16.5. The predicted molar refractivity (Wildman–Crippen MR) is 87.1 cm³/mol. The summed E-state index contributed by atoms with van der Waals surface area (Å²) in [5, 5.41) is 5.86. The summed E-state index contributed by atoms with van der Waals surface area (Å²) >= 11 is 0. The van der Waals surface area contributed by atoms with E-state index in [0.29, 0.717) is 11.5 Å². The number of ether oxygens (including phenoxy) is 1. The number of rotatable bonds is 2. The molecule has 3 fully saturated rings. The molecule has 2 saturated heterocycles. The van der Waals surface area contributed by atoms with E-state index in [1.54, 1.807) is 0 Å². The van der Waals surface area contributed by atoms with Crippen molar-refractivity contribution >= 4 is 22.3 Å². The first-order valence-electron chi connectivity index (χ1n) is 8.34. The third-order valence-electron chi connectivity index (χ3n) is 5.75. The molecule has 116 valence electrons. The number of hydrogen-bond acceptors (Lipinski definition) is 4. The van der Waals surface area contributed by atoms with E-state index >= 15 is 0 Å². The van der Waals surface area contributed by atoms with Crippen molar-refractivity contribution in [1.82, 2.24) is 9.78 Å². The summed E-state index contributed by atoms with van der Waals surface area (Å²) in [5.74, 6) is 0. The first-order chi connectivity index (χ1) is 10.8. The minimum absolute atomic E-state index is 0.363. The van der Waals surface area contributed by atoms with Crippen molar-refractivity contribution in [3.8, 4) is 0 Å². The van der Waals surface area contributed by atoms with E-state index in [0.717, 1.165) is 38.4 Å². The topological polar surface area (TPSA) is 56.3 Å². The molecule has 2 aromatic rings. The fourth-order valence-corrected chi connectivity index (χ4v) is 4.19. The number of nitrogen functional groups attached to an aromatic ring is 1. The first-order valence-corrected chi connectivity index (χ1v) is 8.34. The molecular weight excluding hydrogens is 276 g/mol. The van der Waals surface area contributed by atoms with Crippen LogP contribution in [0.1, 0.15) is 31.7 Å². The zero-order chi connectivity index (χ0) is 14.7. The summed E-state index contributed by atoms with van der Waals surface area (Å²) < 4.78 is 7.66. The molecule has 1 spiro atoms. The SMILES string of the molecule is Nc1ccc2c(cnn2[C@H]2CCOC2)c1N1CCC2(CC2)C1. The van der Waals surface area contributed by atoms with Crippen LogP contribution in [0.15, 0.2) is 18.3 Å². The monoisotopic (exact) mass is 298 g/mol. The van der Waals surface area contributed by atoms with Gasteiger partial charge in [0.2, 0.25) is 0 Å². The van der Waals surface area contributed by atoms with E-state index in [4.69, 9.17) is 10.5 Å². The van der Waals surface area contributed by atoms with Gasteiger partial charge in [-0.15, -0.1) is 0 Å². The Morgan fingerprint density at radius 3 is 2.91 bits per heavy atom. The lowest BCUT2D eigenvalue weighted by atomic mass is 10.1. The maximum absolute atomic E-state index is 6.33. The lowest BCUT2D eigenvalue weighted by molar-refractivity contribution is 0.185. The van der Waals surface area contributed by atoms with Gasteiger partial charge >= 0.3 is 0 Å². The van der Waals surface area contributed by atoms with Gasteiger partial charge in [0.15, 0.2) is 0 Å². The summed E-state index contributed by atoms with van der Waals surface area (Å²) in [7, 11) is 0. The van der Waals surface area contributed by atoms with Crippen molar-refractivity contribution < 1.29 is 4.74 Å². The van der Waals surface area contributed by atoms with Crippen molar-refractivity contribution in [3.63, 3.8) is 0 Å². The van der Waals surface area contributed by atoms with Gasteiger partial charge in [-0.3, -0.25) is 4.68 Å². The molecule has 0 bridgehead atoms. The molecular formula is C17H22N4O. The maximum Gasteiger partial charge on any atom is 0.0781 e. The van der Waals surface area contributed by atoms with E-state index in [2.05, 4.69) is 20.7 Å². The largest absolute Gasteiger partial charge is 0.397 e. The first kappa shape index (κ1) is 12.8. The molecule has 5 rings (SSSR count). The van der Waals surface area contributed by atoms with Gasteiger partial charge in [-0.25, -0.2) is 0 Å². The van der Waals surface area contributed by atoms with Crippen LogP contribution in [-0.4, -0.2) is 36.1 Å². The van der Waals surface area contributed by atoms with Crippen LogP contribution in [0.25, 0.3) is 10.9 Å². The molecule has 1 aromatic carbocycles. The summed E-state index contributed by atoms with van der Waals surface area (Å²) in [6.07, 6.45) is 7.13. The zero-order valence-corrected chi connectivity index (χ0v) is 12.8. The Balaban J connectivity index is 1.59. The van der Waals surface area contributed by atoms with Crippen molar-refractivity contribution in [1.29, 1.82) is 0 Å². The molecule has 0 amide bonds. The Hall–Kier alpha value is -1.75. The Morgan fingerprint density at radius 1 is 1.27 bits per heavy atom. The fourth-order valence-electron chi connectivity index (χ4n) is 4.19. The Kier molecular flexibility index (Phi) is 2.54. The average Bonchev–Trinajstić information content (AvgIpc) is 2.93. The molecule has 0 unspecified atom stereocenters. The van der Waals surface area contributed by atoms with Crippen molar-refractivity contribution in [3.05, 3.63) is 18.3 Å². The molecule has 5 nitrogen and oxygen atoms in total. The van der Waals surface area contributed by atoms with Gasteiger partial charge in [0, 0.05) is 25.1 Å². The summed E-state index contributed by atoms with van der Waals surface area (Å²) in [6, 6.07) is 4.52. The van der Waals surface area contributed by atoms with Crippen LogP contribution in [-0.2, 0) is 4.74 Å². The number of nitrogens with zero attached hydrogens (tertiary/aromatic N) is 3. The lowest BCUT2D eigenvalue weighted by Crippen LogP contribution is -2.21. The molecule has 5 heteroatoms. The van der Waals surface area contributed by atoms with Crippen LogP contribution in [0.4, 0.5) is 11.4 Å². The van der Waals surface area contributed by atoms with Crippen LogP contribution in [0.5, 0.6) is 0 Å². The summed E-state index contributed by atoms with van der Waals surface area (Å²) in [5.41, 5.74) is 10.2. The Bertz CT molecular complexity index is 728. The average molecular weight is 298 g/mol. The standard InChI is InChI=1S/C17H22N4O/c18-14-1-2-15-13(9-19-21(15)12-3-8-22-10-12)16(14)20-7-6-17(11-20)4-5-17/h1-2,9,12H,3-8,10-11,18H2/t12-/m0/s1. The zero-order valence-electron chi connectivity index (χ0n) is 12.8. The van der Waals surface area contributed by atoms with Gasteiger partial charge in [0.25, 0.3) is 0 Å². The smallest absolute Gasteiger partial charge is 0.0781 e. The highest BCUT2D eigenvalue weighted by Gasteiger charge is 2.48. The summed E-state index contributed by atoms with van der Waals surface area (Å²) in [4.78, 5) is 2.49. The second kappa shape index (κ2) is 4.38. The molecule has 0 radical (unpaired) electrons. The number of anilines is 2. The van der Waals surface area contributed by atoms with Crippen LogP contribution in [0, 0.1) is 5.41 Å². The third kappa shape index (κ3) is 1.78. The quantitative estimate of drug-likeness (QED) is 0.866. The van der Waals surface area contributed by atoms with E-state index < -0.39 is 0 Å². The number of benzene rings is 1.